The Hall–Kier alpha value is -2.63. The molecule has 1 aliphatic carbocycles. The van der Waals surface area contributed by atoms with Gasteiger partial charge in [0.25, 0.3) is 5.56 Å². The number of hydrogen-bond donors (Lipinski definition) is 2. The highest BCUT2D eigenvalue weighted by Gasteiger charge is 2.19. The monoisotopic (exact) mass is 310 g/mol. The van der Waals surface area contributed by atoms with E-state index in [0.717, 1.165) is 29.1 Å². The number of aromatic nitrogens is 3. The fourth-order valence-electron chi connectivity index (χ4n) is 3.57. The Morgan fingerprint density at radius 2 is 2.04 bits per heavy atom. The van der Waals surface area contributed by atoms with Crippen molar-refractivity contribution < 1.29 is 4.79 Å². The smallest absolute Gasteiger partial charge is 0.288 e. The standard InChI is InChI=1S/C17H18N4O2/c22-15(19-11-5-1-2-6-11)10-21-14-8-4-3-7-12(14)13-9-18-20-17(23)16(13)21/h3-4,7-9,11H,1-2,5-6,10H2,(H,19,22)(H,20,23). The normalized spacial score (nSPS) is 15.5. The van der Waals surface area contributed by atoms with Crippen LogP contribution in [-0.2, 0) is 11.3 Å². The van der Waals surface area contributed by atoms with Crippen LogP contribution in [0.3, 0.4) is 0 Å². The van der Waals surface area contributed by atoms with E-state index in [0.29, 0.717) is 5.52 Å². The lowest BCUT2D eigenvalue weighted by molar-refractivity contribution is -0.122. The van der Waals surface area contributed by atoms with Crippen molar-refractivity contribution in [2.45, 2.75) is 38.3 Å². The van der Waals surface area contributed by atoms with Crippen molar-refractivity contribution in [3.63, 3.8) is 0 Å². The van der Waals surface area contributed by atoms with E-state index in [9.17, 15) is 9.59 Å². The SMILES string of the molecule is O=C(Cn1c2ccccc2c2cn[nH]c(=O)c21)NC1CCCC1. The van der Waals surface area contributed by atoms with Crippen molar-refractivity contribution in [3.05, 3.63) is 40.8 Å². The lowest BCUT2D eigenvalue weighted by Gasteiger charge is -2.13. The van der Waals surface area contributed by atoms with Gasteiger partial charge in [0.1, 0.15) is 12.1 Å². The number of hydrogen-bond acceptors (Lipinski definition) is 3. The molecule has 118 valence electrons. The highest BCUT2D eigenvalue weighted by Crippen LogP contribution is 2.26. The van der Waals surface area contributed by atoms with Crippen LogP contribution in [0.25, 0.3) is 21.8 Å². The zero-order valence-electron chi connectivity index (χ0n) is 12.7. The van der Waals surface area contributed by atoms with E-state index < -0.39 is 0 Å². The second-order valence-corrected chi connectivity index (χ2v) is 6.11. The molecule has 0 unspecified atom stereocenters. The third-order valence-corrected chi connectivity index (χ3v) is 4.61. The maximum Gasteiger partial charge on any atom is 0.288 e. The van der Waals surface area contributed by atoms with Gasteiger partial charge in [-0.25, -0.2) is 5.10 Å². The molecule has 0 atom stereocenters. The maximum absolute atomic E-state index is 12.4. The van der Waals surface area contributed by atoms with Gasteiger partial charge in [0.15, 0.2) is 0 Å². The van der Waals surface area contributed by atoms with Gasteiger partial charge in [0.2, 0.25) is 5.91 Å². The van der Waals surface area contributed by atoms with Crippen LogP contribution in [0.1, 0.15) is 25.7 Å². The number of H-pyrrole nitrogens is 1. The molecule has 0 saturated heterocycles. The summed E-state index contributed by atoms with van der Waals surface area (Å²) < 4.78 is 1.79. The second kappa shape index (κ2) is 5.53. The van der Waals surface area contributed by atoms with Crippen LogP contribution >= 0.6 is 0 Å². The Morgan fingerprint density at radius 1 is 1.26 bits per heavy atom. The average molecular weight is 310 g/mol. The Kier molecular flexibility index (Phi) is 3.37. The van der Waals surface area contributed by atoms with Gasteiger partial charge in [-0.2, -0.15) is 5.10 Å². The van der Waals surface area contributed by atoms with E-state index in [1.54, 1.807) is 10.8 Å². The minimum atomic E-state index is -0.271. The third-order valence-electron chi connectivity index (χ3n) is 4.61. The number of benzene rings is 1. The topological polar surface area (TPSA) is 79.8 Å². The molecule has 6 heteroatoms. The number of para-hydroxylation sites is 1. The van der Waals surface area contributed by atoms with Gasteiger partial charge in [-0.3, -0.25) is 9.59 Å². The fourth-order valence-corrected chi connectivity index (χ4v) is 3.57. The molecular formula is C17H18N4O2. The lowest BCUT2D eigenvalue weighted by atomic mass is 10.2. The van der Waals surface area contributed by atoms with Gasteiger partial charge in [-0.05, 0) is 18.9 Å². The Balaban J connectivity index is 1.78. The van der Waals surface area contributed by atoms with Gasteiger partial charge in [0, 0.05) is 22.3 Å². The van der Waals surface area contributed by atoms with Crippen molar-refractivity contribution in [2.24, 2.45) is 0 Å². The van der Waals surface area contributed by atoms with Gasteiger partial charge in [-0.1, -0.05) is 31.0 Å². The molecule has 2 N–H and O–H groups in total. The number of carbonyl (C=O) groups is 1. The first-order valence-corrected chi connectivity index (χ1v) is 7.98. The third kappa shape index (κ3) is 2.40. The molecule has 0 radical (unpaired) electrons. The van der Waals surface area contributed by atoms with E-state index in [4.69, 9.17) is 0 Å². The quantitative estimate of drug-likeness (QED) is 0.776. The predicted octanol–water partition coefficient (Wildman–Crippen LogP) is 1.94. The summed E-state index contributed by atoms with van der Waals surface area (Å²) >= 11 is 0. The minimum absolute atomic E-state index is 0.0456. The first kappa shape index (κ1) is 14.0. The van der Waals surface area contributed by atoms with Crippen LogP contribution < -0.4 is 10.9 Å². The van der Waals surface area contributed by atoms with Crippen molar-refractivity contribution in [1.29, 1.82) is 0 Å². The van der Waals surface area contributed by atoms with Crippen LogP contribution in [0.5, 0.6) is 0 Å². The van der Waals surface area contributed by atoms with E-state index in [1.807, 2.05) is 24.3 Å². The van der Waals surface area contributed by atoms with Gasteiger partial charge in [-0.15, -0.1) is 0 Å². The predicted molar refractivity (Wildman–Crippen MR) is 88.3 cm³/mol. The van der Waals surface area contributed by atoms with Crippen LogP contribution in [0.4, 0.5) is 0 Å². The molecule has 2 heterocycles. The highest BCUT2D eigenvalue weighted by atomic mass is 16.2. The summed E-state index contributed by atoms with van der Waals surface area (Å²) in [6.45, 7) is 0.146. The fraction of sp³-hybridized carbons (Fsp3) is 0.353. The molecule has 1 fully saturated rings. The number of nitrogens with one attached hydrogen (secondary N) is 2. The summed E-state index contributed by atoms with van der Waals surface area (Å²) in [5.41, 5.74) is 1.11. The number of aromatic amines is 1. The molecule has 6 nitrogen and oxygen atoms in total. The van der Waals surface area contributed by atoms with Gasteiger partial charge >= 0.3 is 0 Å². The van der Waals surface area contributed by atoms with Gasteiger partial charge in [0.05, 0.1) is 6.20 Å². The Labute approximate surface area is 132 Å². The van der Waals surface area contributed by atoms with E-state index in [-0.39, 0.29) is 24.1 Å². The first-order valence-electron chi connectivity index (χ1n) is 7.98. The van der Waals surface area contributed by atoms with E-state index in [2.05, 4.69) is 15.5 Å². The van der Waals surface area contributed by atoms with E-state index >= 15 is 0 Å². The summed E-state index contributed by atoms with van der Waals surface area (Å²) in [5, 5.41) is 11.1. The molecule has 1 aliphatic rings. The van der Waals surface area contributed by atoms with Gasteiger partial charge < -0.3 is 9.88 Å². The lowest BCUT2D eigenvalue weighted by Crippen LogP contribution is -2.35. The van der Waals surface area contributed by atoms with Crippen LogP contribution in [0, 0.1) is 0 Å². The molecule has 1 aromatic carbocycles. The molecule has 3 aromatic rings. The maximum atomic E-state index is 12.4. The number of rotatable bonds is 3. The molecule has 0 aliphatic heterocycles. The molecule has 4 rings (SSSR count). The number of carbonyl (C=O) groups excluding carboxylic acids is 1. The van der Waals surface area contributed by atoms with E-state index in [1.165, 1.54) is 12.8 Å². The molecule has 1 amide bonds. The summed E-state index contributed by atoms with van der Waals surface area (Å²) in [6.07, 6.45) is 6.08. The Bertz CT molecular complexity index is 935. The van der Waals surface area contributed by atoms with Crippen molar-refractivity contribution in [1.82, 2.24) is 20.1 Å². The summed E-state index contributed by atoms with van der Waals surface area (Å²) in [5.74, 6) is -0.0456. The summed E-state index contributed by atoms with van der Waals surface area (Å²) in [6, 6.07) is 7.98. The average Bonchev–Trinajstić information content (AvgIpc) is 3.16. The molecule has 23 heavy (non-hydrogen) atoms. The zero-order valence-corrected chi connectivity index (χ0v) is 12.7. The van der Waals surface area contributed by atoms with Crippen LogP contribution in [-0.4, -0.2) is 26.7 Å². The van der Waals surface area contributed by atoms with Crippen molar-refractivity contribution in [3.8, 4) is 0 Å². The summed E-state index contributed by atoms with van der Waals surface area (Å²) in [4.78, 5) is 24.6. The van der Waals surface area contributed by atoms with Crippen molar-refractivity contribution in [2.75, 3.05) is 0 Å². The van der Waals surface area contributed by atoms with Crippen molar-refractivity contribution >= 4 is 27.7 Å². The molecule has 0 bridgehead atoms. The van der Waals surface area contributed by atoms with Crippen LogP contribution in [0.2, 0.25) is 0 Å². The number of fused-ring (bicyclic) bond motifs is 3. The zero-order chi connectivity index (χ0) is 15.8. The highest BCUT2D eigenvalue weighted by molar-refractivity contribution is 6.07. The second-order valence-electron chi connectivity index (χ2n) is 6.11. The largest absolute Gasteiger partial charge is 0.352 e. The number of amides is 1. The molecule has 1 saturated carbocycles. The molecule has 0 spiro atoms. The minimum Gasteiger partial charge on any atom is -0.352 e. The molecule has 2 aromatic heterocycles. The van der Waals surface area contributed by atoms with Crippen LogP contribution in [0.15, 0.2) is 35.3 Å². The summed E-state index contributed by atoms with van der Waals surface area (Å²) in [7, 11) is 0. The number of nitrogens with zero attached hydrogens (tertiary/aromatic N) is 2. The first-order chi connectivity index (χ1) is 11.2. The Morgan fingerprint density at radius 3 is 2.87 bits per heavy atom. The molecular weight excluding hydrogens is 292 g/mol.